The van der Waals surface area contributed by atoms with Gasteiger partial charge in [-0.3, -0.25) is 0 Å². The normalized spacial score (nSPS) is 13.6. The van der Waals surface area contributed by atoms with Crippen molar-refractivity contribution < 1.29 is 9.47 Å². The zero-order valence-electron chi connectivity index (χ0n) is 11.3. The van der Waals surface area contributed by atoms with E-state index in [1.165, 1.54) is 0 Å². The highest BCUT2D eigenvalue weighted by Gasteiger charge is 2.25. The van der Waals surface area contributed by atoms with Gasteiger partial charge in [-0.25, -0.2) is 0 Å². The van der Waals surface area contributed by atoms with Crippen molar-refractivity contribution in [3.8, 4) is 0 Å². The van der Waals surface area contributed by atoms with Crippen LogP contribution in [0.4, 0.5) is 0 Å². The van der Waals surface area contributed by atoms with Crippen LogP contribution in [-0.4, -0.2) is 32.6 Å². The maximum Gasteiger partial charge on any atom is 0.169 e. The van der Waals surface area contributed by atoms with Crippen LogP contribution in [0.15, 0.2) is 0 Å². The molecule has 92 valence electrons. The topological polar surface area (TPSA) is 30.5 Å². The molecular weight excluding hydrogens is 190 g/mol. The van der Waals surface area contributed by atoms with Crippen molar-refractivity contribution in [2.24, 2.45) is 5.41 Å². The van der Waals surface area contributed by atoms with Gasteiger partial charge in [-0.2, -0.15) is 0 Å². The van der Waals surface area contributed by atoms with Crippen molar-refractivity contribution in [3.63, 3.8) is 0 Å². The second-order valence-electron chi connectivity index (χ2n) is 5.90. The molecule has 0 saturated heterocycles. The molecule has 0 radical (unpaired) electrons. The van der Waals surface area contributed by atoms with Gasteiger partial charge < -0.3 is 14.8 Å². The van der Waals surface area contributed by atoms with E-state index in [1.54, 1.807) is 14.2 Å². The predicted molar refractivity (Wildman–Crippen MR) is 64.0 cm³/mol. The SMILES string of the molecule is COC(CNC(C)(C)CC(C)(C)C)OC. The van der Waals surface area contributed by atoms with Crippen LogP contribution in [0.1, 0.15) is 41.0 Å². The molecule has 0 aromatic heterocycles. The lowest BCUT2D eigenvalue weighted by molar-refractivity contribution is -0.102. The van der Waals surface area contributed by atoms with Gasteiger partial charge in [0, 0.05) is 26.3 Å². The third-order valence-electron chi connectivity index (χ3n) is 2.25. The molecule has 0 aromatic carbocycles. The van der Waals surface area contributed by atoms with E-state index in [1.807, 2.05) is 0 Å². The van der Waals surface area contributed by atoms with E-state index in [9.17, 15) is 0 Å². The van der Waals surface area contributed by atoms with Gasteiger partial charge in [0.15, 0.2) is 6.29 Å². The molecule has 3 heteroatoms. The van der Waals surface area contributed by atoms with E-state index in [4.69, 9.17) is 9.47 Å². The van der Waals surface area contributed by atoms with Crippen molar-refractivity contribution in [3.05, 3.63) is 0 Å². The summed E-state index contributed by atoms with van der Waals surface area (Å²) in [5, 5.41) is 3.47. The van der Waals surface area contributed by atoms with E-state index < -0.39 is 0 Å². The summed E-state index contributed by atoms with van der Waals surface area (Å²) in [7, 11) is 3.32. The minimum atomic E-state index is -0.163. The fourth-order valence-corrected chi connectivity index (χ4v) is 2.01. The molecule has 0 rings (SSSR count). The van der Waals surface area contributed by atoms with Crippen LogP contribution in [0.2, 0.25) is 0 Å². The first-order valence-electron chi connectivity index (χ1n) is 5.51. The lowest BCUT2D eigenvalue weighted by atomic mass is 9.82. The zero-order chi connectivity index (χ0) is 12.1. The summed E-state index contributed by atoms with van der Waals surface area (Å²) in [4.78, 5) is 0. The molecule has 0 aliphatic heterocycles. The van der Waals surface area contributed by atoms with Crippen LogP contribution in [0.3, 0.4) is 0 Å². The van der Waals surface area contributed by atoms with Gasteiger partial charge in [-0.15, -0.1) is 0 Å². The number of hydrogen-bond acceptors (Lipinski definition) is 3. The summed E-state index contributed by atoms with van der Waals surface area (Å²) in [6, 6.07) is 0. The fraction of sp³-hybridized carbons (Fsp3) is 1.00. The maximum absolute atomic E-state index is 5.14. The van der Waals surface area contributed by atoms with Crippen molar-refractivity contribution in [2.75, 3.05) is 20.8 Å². The van der Waals surface area contributed by atoms with Crippen LogP contribution >= 0.6 is 0 Å². The lowest BCUT2D eigenvalue weighted by Gasteiger charge is -2.34. The van der Waals surface area contributed by atoms with E-state index in [0.717, 1.165) is 13.0 Å². The molecule has 0 amide bonds. The van der Waals surface area contributed by atoms with Gasteiger partial charge in [0.05, 0.1) is 0 Å². The average molecular weight is 217 g/mol. The van der Waals surface area contributed by atoms with E-state index in [0.29, 0.717) is 5.41 Å². The third-order valence-corrected chi connectivity index (χ3v) is 2.25. The molecule has 0 unspecified atom stereocenters. The molecule has 0 heterocycles. The third kappa shape index (κ3) is 7.77. The highest BCUT2D eigenvalue weighted by Crippen LogP contribution is 2.26. The standard InChI is InChI=1S/C12H27NO2/c1-11(2,3)9-12(4,5)13-8-10(14-6)15-7/h10,13H,8-9H2,1-7H3. The monoisotopic (exact) mass is 217 g/mol. The van der Waals surface area contributed by atoms with Gasteiger partial charge in [0.2, 0.25) is 0 Å². The molecule has 1 N–H and O–H groups in total. The quantitative estimate of drug-likeness (QED) is 0.693. The zero-order valence-corrected chi connectivity index (χ0v) is 11.3. The molecule has 0 bridgehead atoms. The van der Waals surface area contributed by atoms with Crippen LogP contribution in [0.5, 0.6) is 0 Å². The number of ether oxygens (including phenoxy) is 2. The molecule has 0 aromatic rings. The number of methoxy groups -OCH3 is 2. The molecular formula is C12H27NO2. The first-order valence-corrected chi connectivity index (χ1v) is 5.51. The summed E-state index contributed by atoms with van der Waals surface area (Å²) in [5.41, 5.74) is 0.430. The highest BCUT2D eigenvalue weighted by molar-refractivity contribution is 4.83. The Kier molecular flexibility index (Phi) is 5.78. The molecule has 0 atom stereocenters. The largest absolute Gasteiger partial charge is 0.355 e. The van der Waals surface area contributed by atoms with Crippen LogP contribution < -0.4 is 5.32 Å². The van der Waals surface area contributed by atoms with Crippen molar-refractivity contribution >= 4 is 0 Å². The van der Waals surface area contributed by atoms with Gasteiger partial charge in [-0.1, -0.05) is 20.8 Å². The molecule has 3 nitrogen and oxygen atoms in total. The first kappa shape index (κ1) is 14.9. The Bertz CT molecular complexity index is 169. The Morgan fingerprint density at radius 1 is 1.00 bits per heavy atom. The van der Waals surface area contributed by atoms with E-state index >= 15 is 0 Å². The second kappa shape index (κ2) is 5.83. The summed E-state index contributed by atoms with van der Waals surface area (Å²) in [5.74, 6) is 0. The minimum absolute atomic E-state index is 0.105. The van der Waals surface area contributed by atoms with Gasteiger partial charge >= 0.3 is 0 Å². The Labute approximate surface area is 94.5 Å². The molecule has 0 aliphatic rings. The smallest absolute Gasteiger partial charge is 0.169 e. The van der Waals surface area contributed by atoms with Gasteiger partial charge in [0.1, 0.15) is 0 Å². The molecule has 0 saturated carbocycles. The molecule has 15 heavy (non-hydrogen) atoms. The number of rotatable bonds is 6. The van der Waals surface area contributed by atoms with Crippen LogP contribution in [-0.2, 0) is 9.47 Å². The van der Waals surface area contributed by atoms with Gasteiger partial charge in [0.25, 0.3) is 0 Å². The van der Waals surface area contributed by atoms with Crippen LogP contribution in [0, 0.1) is 5.41 Å². The lowest BCUT2D eigenvalue weighted by Crippen LogP contribution is -2.46. The minimum Gasteiger partial charge on any atom is -0.355 e. The summed E-state index contributed by atoms with van der Waals surface area (Å²) >= 11 is 0. The van der Waals surface area contributed by atoms with Crippen molar-refractivity contribution in [2.45, 2.75) is 52.9 Å². The Hall–Kier alpha value is -0.120. The van der Waals surface area contributed by atoms with Crippen molar-refractivity contribution in [1.29, 1.82) is 0 Å². The maximum atomic E-state index is 5.14. The number of hydrogen-bond donors (Lipinski definition) is 1. The Balaban J connectivity index is 4.03. The number of nitrogens with one attached hydrogen (secondary N) is 1. The second-order valence-corrected chi connectivity index (χ2v) is 5.90. The average Bonchev–Trinajstić information content (AvgIpc) is 2.01. The Morgan fingerprint density at radius 3 is 1.80 bits per heavy atom. The van der Waals surface area contributed by atoms with E-state index in [2.05, 4.69) is 39.9 Å². The molecule has 0 aliphatic carbocycles. The molecule has 0 spiro atoms. The summed E-state index contributed by atoms with van der Waals surface area (Å²) in [6.07, 6.45) is 0.949. The summed E-state index contributed by atoms with van der Waals surface area (Å²) < 4.78 is 10.3. The molecule has 0 fully saturated rings. The van der Waals surface area contributed by atoms with Crippen LogP contribution in [0.25, 0.3) is 0 Å². The predicted octanol–water partition coefficient (Wildman–Crippen LogP) is 2.41. The first-order chi connectivity index (χ1) is 6.70. The van der Waals surface area contributed by atoms with Crippen molar-refractivity contribution in [1.82, 2.24) is 5.32 Å². The summed E-state index contributed by atoms with van der Waals surface area (Å²) in [6.45, 7) is 11.9. The highest BCUT2D eigenvalue weighted by atomic mass is 16.7. The van der Waals surface area contributed by atoms with Gasteiger partial charge in [-0.05, 0) is 25.7 Å². The fourth-order valence-electron chi connectivity index (χ4n) is 2.01. The van der Waals surface area contributed by atoms with E-state index in [-0.39, 0.29) is 11.8 Å². The Morgan fingerprint density at radius 2 is 1.47 bits per heavy atom.